The first-order valence-electron chi connectivity index (χ1n) is 10.3. The summed E-state index contributed by atoms with van der Waals surface area (Å²) in [5, 5.41) is 0. The Morgan fingerprint density at radius 2 is 1.59 bits per heavy atom. The van der Waals surface area contributed by atoms with Gasteiger partial charge in [-0.1, -0.05) is 31.4 Å². The molecule has 5 heteroatoms. The fraction of sp³-hybridized carbons (Fsp3) is 0.545. The third-order valence-electron chi connectivity index (χ3n) is 6.10. The van der Waals surface area contributed by atoms with Crippen LogP contribution in [0.2, 0.25) is 0 Å². The van der Waals surface area contributed by atoms with Crippen molar-refractivity contribution in [3.05, 3.63) is 48.3 Å². The zero-order valence-electron chi connectivity index (χ0n) is 16.3. The molecule has 5 nitrogen and oxygen atoms in total. The van der Waals surface area contributed by atoms with E-state index in [9.17, 15) is 0 Å². The summed E-state index contributed by atoms with van der Waals surface area (Å²) < 4.78 is 5.70. The van der Waals surface area contributed by atoms with Gasteiger partial charge in [0.05, 0.1) is 0 Å². The van der Waals surface area contributed by atoms with E-state index in [1.165, 1.54) is 50.8 Å². The summed E-state index contributed by atoms with van der Waals surface area (Å²) in [5.74, 6) is 0.777. The molecule has 1 saturated heterocycles. The predicted octanol–water partition coefficient (Wildman–Crippen LogP) is 4.28. The molecule has 2 heterocycles. The number of hydrogen-bond donors (Lipinski definition) is 0. The molecular formula is C22H30N4O. The Morgan fingerprint density at radius 1 is 0.926 bits per heavy atom. The van der Waals surface area contributed by atoms with E-state index in [0.29, 0.717) is 12.1 Å². The molecule has 0 unspecified atom stereocenters. The zero-order chi connectivity index (χ0) is 18.5. The SMILES string of the molecule is C[C@H](c1ccc(Oc2ncccn2)cc1)N1CCN(C2CCCCC2)CC1. The van der Waals surface area contributed by atoms with Crippen molar-refractivity contribution in [1.29, 1.82) is 0 Å². The van der Waals surface area contributed by atoms with Crippen molar-refractivity contribution in [2.75, 3.05) is 26.2 Å². The number of rotatable bonds is 5. The van der Waals surface area contributed by atoms with Crippen LogP contribution in [0.3, 0.4) is 0 Å². The molecule has 0 amide bonds. The third kappa shape index (κ3) is 4.66. The van der Waals surface area contributed by atoms with Crippen molar-refractivity contribution in [1.82, 2.24) is 19.8 Å². The summed E-state index contributed by atoms with van der Waals surface area (Å²) in [6.45, 7) is 7.05. The van der Waals surface area contributed by atoms with E-state index in [4.69, 9.17) is 4.74 Å². The first-order chi connectivity index (χ1) is 13.3. The minimum Gasteiger partial charge on any atom is -0.424 e. The summed E-state index contributed by atoms with van der Waals surface area (Å²) in [7, 11) is 0. The van der Waals surface area contributed by atoms with Gasteiger partial charge in [0.25, 0.3) is 0 Å². The minimum atomic E-state index is 0.386. The predicted molar refractivity (Wildman–Crippen MR) is 107 cm³/mol. The molecule has 2 aliphatic rings. The second-order valence-electron chi connectivity index (χ2n) is 7.74. The van der Waals surface area contributed by atoms with E-state index in [2.05, 4.69) is 38.8 Å². The minimum absolute atomic E-state index is 0.386. The largest absolute Gasteiger partial charge is 0.424 e. The molecule has 2 fully saturated rings. The van der Waals surface area contributed by atoms with Gasteiger partial charge in [0.2, 0.25) is 0 Å². The number of nitrogens with zero attached hydrogens (tertiary/aromatic N) is 4. The highest BCUT2D eigenvalue weighted by atomic mass is 16.5. The number of benzene rings is 1. The molecule has 4 rings (SSSR count). The smallest absolute Gasteiger partial charge is 0.321 e. The van der Waals surface area contributed by atoms with Crippen LogP contribution in [0.5, 0.6) is 11.8 Å². The Kier molecular flexibility index (Phi) is 6.00. The maximum Gasteiger partial charge on any atom is 0.321 e. The summed E-state index contributed by atoms with van der Waals surface area (Å²) in [4.78, 5) is 13.6. The van der Waals surface area contributed by atoms with E-state index in [1.807, 2.05) is 12.1 Å². The van der Waals surface area contributed by atoms with Gasteiger partial charge in [-0.25, -0.2) is 9.97 Å². The molecular weight excluding hydrogens is 336 g/mol. The molecule has 0 bridgehead atoms. The van der Waals surface area contributed by atoms with Crippen molar-refractivity contribution in [2.24, 2.45) is 0 Å². The van der Waals surface area contributed by atoms with Crippen LogP contribution in [0.4, 0.5) is 0 Å². The summed E-state index contributed by atoms with van der Waals surface area (Å²) in [6.07, 6.45) is 10.5. The number of aromatic nitrogens is 2. The van der Waals surface area contributed by atoms with Crippen LogP contribution < -0.4 is 4.74 Å². The second kappa shape index (κ2) is 8.81. The van der Waals surface area contributed by atoms with Gasteiger partial charge in [-0.15, -0.1) is 0 Å². The molecule has 1 aliphatic carbocycles. The fourth-order valence-corrected chi connectivity index (χ4v) is 4.40. The maximum atomic E-state index is 5.70. The van der Waals surface area contributed by atoms with Crippen molar-refractivity contribution in [3.63, 3.8) is 0 Å². The van der Waals surface area contributed by atoms with Crippen molar-refractivity contribution < 1.29 is 4.74 Å². The average molecular weight is 367 g/mol. The molecule has 1 saturated carbocycles. The summed E-state index contributed by atoms with van der Waals surface area (Å²) in [6, 6.07) is 11.8. The third-order valence-corrected chi connectivity index (χ3v) is 6.10. The van der Waals surface area contributed by atoms with E-state index in [0.717, 1.165) is 24.9 Å². The molecule has 0 radical (unpaired) electrons. The van der Waals surface area contributed by atoms with E-state index >= 15 is 0 Å². The zero-order valence-corrected chi connectivity index (χ0v) is 16.3. The van der Waals surface area contributed by atoms with E-state index in [1.54, 1.807) is 18.5 Å². The molecule has 2 aromatic rings. The first kappa shape index (κ1) is 18.4. The van der Waals surface area contributed by atoms with Crippen LogP contribution in [0.15, 0.2) is 42.7 Å². The van der Waals surface area contributed by atoms with Gasteiger partial charge in [0.1, 0.15) is 5.75 Å². The number of piperazine rings is 1. The molecule has 1 aromatic carbocycles. The molecule has 0 N–H and O–H groups in total. The van der Waals surface area contributed by atoms with Crippen LogP contribution in [0.25, 0.3) is 0 Å². The lowest BCUT2D eigenvalue weighted by molar-refractivity contribution is 0.0602. The van der Waals surface area contributed by atoms with Crippen molar-refractivity contribution >= 4 is 0 Å². The Hall–Kier alpha value is -1.98. The molecule has 0 spiro atoms. The molecule has 1 atom stereocenters. The first-order valence-corrected chi connectivity index (χ1v) is 10.3. The van der Waals surface area contributed by atoms with Crippen LogP contribution in [-0.4, -0.2) is 52.0 Å². The molecule has 1 aromatic heterocycles. The number of hydrogen-bond acceptors (Lipinski definition) is 5. The van der Waals surface area contributed by atoms with Gasteiger partial charge in [-0.3, -0.25) is 9.80 Å². The van der Waals surface area contributed by atoms with Gasteiger partial charge >= 0.3 is 6.01 Å². The van der Waals surface area contributed by atoms with Gasteiger partial charge < -0.3 is 4.74 Å². The highest BCUT2D eigenvalue weighted by molar-refractivity contribution is 5.30. The van der Waals surface area contributed by atoms with Crippen LogP contribution >= 0.6 is 0 Å². The lowest BCUT2D eigenvalue weighted by Crippen LogP contribution is -2.51. The van der Waals surface area contributed by atoms with Gasteiger partial charge in [0, 0.05) is 50.7 Å². The lowest BCUT2D eigenvalue weighted by atomic mass is 9.93. The van der Waals surface area contributed by atoms with Gasteiger partial charge in [0.15, 0.2) is 0 Å². The lowest BCUT2D eigenvalue weighted by Gasteiger charge is -2.42. The fourth-order valence-electron chi connectivity index (χ4n) is 4.40. The Labute approximate surface area is 162 Å². The van der Waals surface area contributed by atoms with Gasteiger partial charge in [-0.2, -0.15) is 0 Å². The summed E-state index contributed by atoms with van der Waals surface area (Å²) >= 11 is 0. The Bertz CT molecular complexity index is 692. The highest BCUT2D eigenvalue weighted by Gasteiger charge is 2.27. The van der Waals surface area contributed by atoms with Crippen molar-refractivity contribution in [2.45, 2.75) is 51.1 Å². The second-order valence-corrected chi connectivity index (χ2v) is 7.74. The van der Waals surface area contributed by atoms with Gasteiger partial charge in [-0.05, 0) is 43.5 Å². The Balaban J connectivity index is 1.31. The van der Waals surface area contributed by atoms with Crippen LogP contribution in [0, 0.1) is 0 Å². The van der Waals surface area contributed by atoms with Crippen molar-refractivity contribution in [3.8, 4) is 11.8 Å². The normalized spacial score (nSPS) is 21.1. The molecule has 27 heavy (non-hydrogen) atoms. The standard InChI is InChI=1S/C22H30N4O/c1-18(25-14-16-26(17-15-25)20-6-3-2-4-7-20)19-8-10-21(11-9-19)27-22-23-12-5-13-24-22/h5,8-13,18,20H,2-4,6-7,14-17H2,1H3/t18-/m1/s1. The topological polar surface area (TPSA) is 41.5 Å². The maximum absolute atomic E-state index is 5.70. The highest BCUT2D eigenvalue weighted by Crippen LogP contribution is 2.28. The monoisotopic (exact) mass is 366 g/mol. The number of ether oxygens (including phenoxy) is 1. The van der Waals surface area contributed by atoms with Crippen LogP contribution in [0.1, 0.15) is 50.6 Å². The Morgan fingerprint density at radius 3 is 2.26 bits per heavy atom. The average Bonchev–Trinajstić information content (AvgIpc) is 2.75. The quantitative estimate of drug-likeness (QED) is 0.790. The van der Waals surface area contributed by atoms with E-state index in [-0.39, 0.29) is 0 Å². The summed E-state index contributed by atoms with van der Waals surface area (Å²) in [5.41, 5.74) is 1.34. The molecule has 1 aliphatic heterocycles. The molecule has 144 valence electrons. The van der Waals surface area contributed by atoms with E-state index < -0.39 is 0 Å². The van der Waals surface area contributed by atoms with Crippen LogP contribution in [-0.2, 0) is 0 Å².